The van der Waals surface area contributed by atoms with Crippen molar-refractivity contribution in [2.45, 2.75) is 33.0 Å². The standard InChI is InChI=1S/C18H24FNO4.C2H6/c1-5-13-14(17(21)22-2)6-7-15(16(13)19)20-10-8-12(9-11-20)18(23-3)24-4;1-2/h5-7,12,18H,1,8-11H2,2-4H3;1-2H3. The Morgan fingerprint density at radius 1 is 1.23 bits per heavy atom. The number of nitrogens with zero attached hydrogens (tertiary/aromatic N) is 1. The van der Waals surface area contributed by atoms with E-state index >= 15 is 0 Å². The average Bonchev–Trinajstić information content (AvgIpc) is 2.70. The van der Waals surface area contributed by atoms with Crippen molar-refractivity contribution in [1.82, 2.24) is 0 Å². The fourth-order valence-corrected chi connectivity index (χ4v) is 3.21. The number of esters is 1. The summed E-state index contributed by atoms with van der Waals surface area (Å²) in [6.07, 6.45) is 2.80. The van der Waals surface area contributed by atoms with Gasteiger partial charge in [-0.1, -0.05) is 26.5 Å². The highest BCUT2D eigenvalue weighted by molar-refractivity contribution is 5.94. The van der Waals surface area contributed by atoms with Crippen LogP contribution in [-0.2, 0) is 14.2 Å². The molecule has 0 unspecified atom stereocenters. The molecule has 6 heteroatoms. The largest absolute Gasteiger partial charge is 0.465 e. The summed E-state index contributed by atoms with van der Waals surface area (Å²) >= 11 is 0. The molecule has 1 aliphatic heterocycles. The molecule has 1 saturated heterocycles. The Hall–Kier alpha value is -1.92. The van der Waals surface area contributed by atoms with Gasteiger partial charge in [0, 0.05) is 38.8 Å². The minimum absolute atomic E-state index is 0.174. The van der Waals surface area contributed by atoms with E-state index in [9.17, 15) is 9.18 Å². The second-order valence-corrected chi connectivity index (χ2v) is 5.72. The monoisotopic (exact) mass is 367 g/mol. The molecule has 0 atom stereocenters. The van der Waals surface area contributed by atoms with Crippen LogP contribution in [0.4, 0.5) is 10.1 Å². The maximum atomic E-state index is 14.8. The summed E-state index contributed by atoms with van der Waals surface area (Å²) in [5.74, 6) is -0.731. The van der Waals surface area contributed by atoms with E-state index in [4.69, 9.17) is 9.47 Å². The first-order chi connectivity index (χ1) is 12.6. The smallest absolute Gasteiger partial charge is 0.338 e. The van der Waals surface area contributed by atoms with Crippen molar-refractivity contribution >= 4 is 17.7 Å². The molecule has 26 heavy (non-hydrogen) atoms. The van der Waals surface area contributed by atoms with Crippen molar-refractivity contribution in [1.29, 1.82) is 0 Å². The SMILES string of the molecule is C=Cc1c(C(=O)OC)ccc(N2CCC(C(OC)OC)CC2)c1F.CC. The molecule has 146 valence electrons. The molecular weight excluding hydrogens is 337 g/mol. The zero-order chi connectivity index (χ0) is 19.7. The molecule has 0 aromatic heterocycles. The predicted octanol–water partition coefficient (Wildman–Crippen LogP) is 4.12. The highest BCUT2D eigenvalue weighted by Gasteiger charge is 2.28. The number of hydrogen-bond donors (Lipinski definition) is 0. The lowest BCUT2D eigenvalue weighted by Crippen LogP contribution is -2.39. The number of carbonyl (C=O) groups is 1. The van der Waals surface area contributed by atoms with Crippen molar-refractivity contribution in [2.24, 2.45) is 5.92 Å². The van der Waals surface area contributed by atoms with E-state index in [0.29, 0.717) is 18.8 Å². The zero-order valence-corrected chi connectivity index (χ0v) is 16.4. The lowest BCUT2D eigenvalue weighted by Gasteiger charge is -2.36. The van der Waals surface area contributed by atoms with Gasteiger partial charge in [-0.25, -0.2) is 9.18 Å². The first-order valence-corrected chi connectivity index (χ1v) is 8.91. The van der Waals surface area contributed by atoms with Gasteiger partial charge >= 0.3 is 5.97 Å². The third kappa shape index (κ3) is 4.83. The average molecular weight is 367 g/mol. The van der Waals surface area contributed by atoms with Crippen LogP contribution in [0.5, 0.6) is 0 Å². The Morgan fingerprint density at radius 3 is 2.27 bits per heavy atom. The third-order valence-electron chi connectivity index (χ3n) is 4.50. The lowest BCUT2D eigenvalue weighted by atomic mass is 9.95. The Morgan fingerprint density at radius 2 is 1.81 bits per heavy atom. The maximum Gasteiger partial charge on any atom is 0.338 e. The first kappa shape index (κ1) is 22.1. The maximum absolute atomic E-state index is 14.8. The minimum Gasteiger partial charge on any atom is -0.465 e. The van der Waals surface area contributed by atoms with Crippen LogP contribution in [0.25, 0.3) is 6.08 Å². The second-order valence-electron chi connectivity index (χ2n) is 5.72. The molecule has 0 N–H and O–H groups in total. The Kier molecular flexibility index (Phi) is 9.30. The summed E-state index contributed by atoms with van der Waals surface area (Å²) < 4.78 is 30.2. The van der Waals surface area contributed by atoms with Gasteiger partial charge in [0.25, 0.3) is 0 Å². The number of anilines is 1. The minimum atomic E-state index is -0.572. The molecule has 0 bridgehead atoms. The fourth-order valence-electron chi connectivity index (χ4n) is 3.21. The van der Waals surface area contributed by atoms with Crippen LogP contribution in [0.1, 0.15) is 42.6 Å². The molecular formula is C20H30FNO4. The fraction of sp³-hybridized carbons (Fsp3) is 0.550. The molecule has 1 heterocycles. The molecule has 1 fully saturated rings. The van der Waals surface area contributed by atoms with Gasteiger partial charge in [0.15, 0.2) is 12.1 Å². The summed E-state index contributed by atoms with van der Waals surface area (Å²) in [5, 5.41) is 0. The molecule has 0 saturated carbocycles. The molecule has 1 aliphatic rings. The molecule has 0 amide bonds. The Labute approximate surface area is 155 Å². The van der Waals surface area contributed by atoms with Crippen molar-refractivity contribution in [3.63, 3.8) is 0 Å². The van der Waals surface area contributed by atoms with E-state index in [2.05, 4.69) is 11.3 Å². The van der Waals surface area contributed by atoms with Crippen molar-refractivity contribution in [3.05, 3.63) is 35.7 Å². The molecule has 1 aromatic carbocycles. The van der Waals surface area contributed by atoms with E-state index in [1.165, 1.54) is 13.2 Å². The van der Waals surface area contributed by atoms with Gasteiger partial charge in [0.1, 0.15) is 0 Å². The molecule has 2 rings (SSSR count). The normalized spacial score (nSPS) is 14.7. The molecule has 1 aromatic rings. The van der Waals surface area contributed by atoms with Gasteiger partial charge in [0.05, 0.1) is 18.4 Å². The number of halogens is 1. The van der Waals surface area contributed by atoms with E-state index in [-0.39, 0.29) is 23.3 Å². The van der Waals surface area contributed by atoms with E-state index < -0.39 is 11.8 Å². The molecule has 0 aliphatic carbocycles. The van der Waals surface area contributed by atoms with Crippen LogP contribution < -0.4 is 4.90 Å². The van der Waals surface area contributed by atoms with Crippen molar-refractivity contribution in [2.75, 3.05) is 39.3 Å². The van der Waals surface area contributed by atoms with Crippen LogP contribution in [0, 0.1) is 11.7 Å². The molecule has 0 spiro atoms. The van der Waals surface area contributed by atoms with Crippen LogP contribution in [0.3, 0.4) is 0 Å². The van der Waals surface area contributed by atoms with Gasteiger partial charge in [-0.3, -0.25) is 0 Å². The molecule has 5 nitrogen and oxygen atoms in total. The number of carbonyl (C=O) groups excluding carboxylic acids is 1. The summed E-state index contributed by atoms with van der Waals surface area (Å²) in [7, 11) is 4.53. The van der Waals surface area contributed by atoms with E-state index in [1.54, 1.807) is 26.4 Å². The highest BCUT2D eigenvalue weighted by atomic mass is 19.1. The number of hydrogen-bond acceptors (Lipinski definition) is 5. The van der Waals surface area contributed by atoms with Crippen LogP contribution in [0.15, 0.2) is 18.7 Å². The van der Waals surface area contributed by atoms with Crippen LogP contribution in [-0.4, -0.2) is 46.7 Å². The predicted molar refractivity (Wildman–Crippen MR) is 102 cm³/mol. The number of rotatable bonds is 6. The van der Waals surface area contributed by atoms with Crippen molar-refractivity contribution in [3.8, 4) is 0 Å². The van der Waals surface area contributed by atoms with E-state index in [0.717, 1.165) is 12.8 Å². The third-order valence-corrected chi connectivity index (χ3v) is 4.50. The Balaban J connectivity index is 0.00000163. The summed E-state index contributed by atoms with van der Waals surface area (Å²) in [5.41, 5.74) is 0.831. The number of benzene rings is 1. The number of methoxy groups -OCH3 is 3. The van der Waals surface area contributed by atoms with Gasteiger partial charge in [-0.2, -0.15) is 0 Å². The number of piperidine rings is 1. The van der Waals surface area contributed by atoms with Crippen molar-refractivity contribution < 1.29 is 23.4 Å². The number of ether oxygens (including phenoxy) is 3. The summed E-state index contributed by atoms with van der Waals surface area (Å²) in [4.78, 5) is 13.7. The van der Waals surface area contributed by atoms with Gasteiger partial charge in [-0.15, -0.1) is 0 Å². The Bertz CT molecular complexity index is 594. The second kappa shape index (κ2) is 10.9. The van der Waals surface area contributed by atoms with Crippen LogP contribution in [0.2, 0.25) is 0 Å². The first-order valence-electron chi connectivity index (χ1n) is 8.91. The van der Waals surface area contributed by atoms with Gasteiger partial charge < -0.3 is 19.1 Å². The van der Waals surface area contributed by atoms with Crippen LogP contribution >= 0.6 is 0 Å². The lowest BCUT2D eigenvalue weighted by molar-refractivity contribution is -0.141. The zero-order valence-electron chi connectivity index (χ0n) is 16.4. The highest BCUT2D eigenvalue weighted by Crippen LogP contribution is 2.31. The van der Waals surface area contributed by atoms with Gasteiger partial charge in [0.2, 0.25) is 0 Å². The summed E-state index contributed by atoms with van der Waals surface area (Å²) in [6.45, 7) is 9.00. The van der Waals surface area contributed by atoms with Gasteiger partial charge in [-0.05, 0) is 25.0 Å². The van der Waals surface area contributed by atoms with E-state index in [1.807, 2.05) is 18.7 Å². The summed E-state index contributed by atoms with van der Waals surface area (Å²) in [6, 6.07) is 3.21. The molecule has 0 radical (unpaired) electrons. The topological polar surface area (TPSA) is 48.0 Å². The quantitative estimate of drug-likeness (QED) is 0.559.